The molecule has 5 rings (SSSR count). The molecule has 350 valence electrons. The van der Waals surface area contributed by atoms with Crippen molar-refractivity contribution < 1.29 is 43.7 Å². The molecular weight excluding hydrogens is 838 g/mol. The Balaban J connectivity index is 0.989. The van der Waals surface area contributed by atoms with E-state index in [0.717, 1.165) is 80.4 Å². The van der Waals surface area contributed by atoms with E-state index in [1.807, 2.05) is 30.3 Å². The second-order valence-electron chi connectivity index (χ2n) is 17.6. The van der Waals surface area contributed by atoms with Gasteiger partial charge in [-0.15, -0.1) is 0 Å². The smallest absolute Gasteiger partial charge is 0.336 e. The molecule has 2 aliphatic rings. The van der Waals surface area contributed by atoms with Crippen LogP contribution in [-0.4, -0.2) is 88.9 Å². The summed E-state index contributed by atoms with van der Waals surface area (Å²) in [5.74, 6) is -2.01. The van der Waals surface area contributed by atoms with E-state index in [-0.39, 0.29) is 54.8 Å². The zero-order valence-electron chi connectivity index (χ0n) is 37.6. The third-order valence-corrected chi connectivity index (χ3v) is 13.2. The fourth-order valence-electron chi connectivity index (χ4n) is 9.14. The zero-order valence-corrected chi connectivity index (χ0v) is 38.4. The maximum absolute atomic E-state index is 13.6. The second kappa shape index (κ2) is 25.6. The Morgan fingerprint density at radius 3 is 2.31 bits per heavy atom. The number of nitrogens with one attached hydrogen (secondary N) is 3. The quantitative estimate of drug-likeness (QED) is 0.0468. The number of carboxylic acid groups (broad SMARTS) is 2. The van der Waals surface area contributed by atoms with Crippen LogP contribution in [0.1, 0.15) is 137 Å². The van der Waals surface area contributed by atoms with Crippen LogP contribution in [0, 0.1) is 17.3 Å². The minimum Gasteiger partial charge on any atom is -0.481 e. The number of hydrogen-bond donors (Lipinski definition) is 5. The van der Waals surface area contributed by atoms with Crippen LogP contribution in [0.5, 0.6) is 0 Å². The van der Waals surface area contributed by atoms with Gasteiger partial charge < -0.3 is 40.2 Å². The molecule has 64 heavy (non-hydrogen) atoms. The first-order valence-electron chi connectivity index (χ1n) is 23.2. The Bertz CT molecular complexity index is 1990. The van der Waals surface area contributed by atoms with Gasteiger partial charge in [-0.05, 0) is 87.0 Å². The molecule has 0 aliphatic heterocycles. The van der Waals surface area contributed by atoms with E-state index in [1.54, 1.807) is 25.3 Å². The van der Waals surface area contributed by atoms with E-state index in [4.69, 9.17) is 21.1 Å². The highest BCUT2D eigenvalue weighted by Crippen LogP contribution is 2.44. The third kappa shape index (κ3) is 14.6. The Labute approximate surface area is 382 Å². The first-order valence-corrected chi connectivity index (χ1v) is 23.6. The summed E-state index contributed by atoms with van der Waals surface area (Å²) in [5.41, 5.74) is 2.76. The normalized spacial score (nSPS) is 17.4. The number of ether oxygens (including phenoxy) is 2. The van der Waals surface area contributed by atoms with Gasteiger partial charge in [-0.3, -0.25) is 19.2 Å². The van der Waals surface area contributed by atoms with Crippen LogP contribution in [0.25, 0.3) is 11.1 Å². The van der Waals surface area contributed by atoms with Crippen molar-refractivity contribution in [2.75, 3.05) is 33.5 Å². The van der Waals surface area contributed by atoms with Gasteiger partial charge in [-0.1, -0.05) is 93.1 Å². The number of imidazole rings is 1. The highest BCUT2D eigenvalue weighted by molar-refractivity contribution is 6.30. The predicted molar refractivity (Wildman–Crippen MR) is 245 cm³/mol. The minimum absolute atomic E-state index is 0.0307. The van der Waals surface area contributed by atoms with Gasteiger partial charge in [0.1, 0.15) is 5.82 Å². The van der Waals surface area contributed by atoms with Crippen LogP contribution in [0.3, 0.4) is 0 Å². The molecule has 2 saturated carbocycles. The number of methoxy groups -OCH3 is 1. The predicted octanol–water partition coefficient (Wildman–Crippen LogP) is 7.96. The molecule has 3 aromatic rings. The van der Waals surface area contributed by atoms with Gasteiger partial charge in [0.05, 0.1) is 49.0 Å². The highest BCUT2D eigenvalue weighted by Gasteiger charge is 2.45. The van der Waals surface area contributed by atoms with E-state index in [2.05, 4.69) is 32.4 Å². The molecule has 0 bridgehead atoms. The summed E-state index contributed by atoms with van der Waals surface area (Å²) in [7, 11) is 1.56. The van der Waals surface area contributed by atoms with E-state index < -0.39 is 23.3 Å². The molecular formula is C49H68ClN5O9. The number of carboxylic acids is 2. The molecule has 1 unspecified atom stereocenters. The number of aryl methyl sites for hydroxylation is 1. The van der Waals surface area contributed by atoms with Gasteiger partial charge in [0.25, 0.3) is 0 Å². The van der Waals surface area contributed by atoms with Gasteiger partial charge in [-0.25, -0.2) is 9.78 Å². The SMILES string of the molecule is CCCCc1nc(Cl)c(CNC(=O)CCCCCCNC(=O)C2CCC(NC(=O)C3(CC(COCCOC)C(=O)O)CCCC3)CC2)n1Cc1ccc(-c2ccccc2C(=O)O)cc1. The number of nitrogens with zero attached hydrogens (tertiary/aromatic N) is 2. The zero-order chi connectivity index (χ0) is 45.9. The number of carbonyl (C=O) groups excluding carboxylic acids is 3. The van der Waals surface area contributed by atoms with Gasteiger partial charge >= 0.3 is 11.9 Å². The summed E-state index contributed by atoms with van der Waals surface area (Å²) >= 11 is 6.66. The number of aliphatic carboxylic acids is 1. The molecule has 2 aliphatic carbocycles. The highest BCUT2D eigenvalue weighted by atomic mass is 35.5. The van der Waals surface area contributed by atoms with Crippen LogP contribution in [0.15, 0.2) is 48.5 Å². The summed E-state index contributed by atoms with van der Waals surface area (Å²) in [6.45, 7) is 4.19. The lowest BCUT2D eigenvalue weighted by atomic mass is 9.76. The number of aromatic nitrogens is 2. The van der Waals surface area contributed by atoms with Gasteiger partial charge in [0.15, 0.2) is 5.15 Å². The van der Waals surface area contributed by atoms with Gasteiger partial charge in [0.2, 0.25) is 17.7 Å². The Morgan fingerprint density at radius 2 is 1.62 bits per heavy atom. The number of unbranched alkanes of at least 4 members (excludes halogenated alkanes) is 4. The lowest BCUT2D eigenvalue weighted by Crippen LogP contribution is -2.48. The van der Waals surface area contributed by atoms with Crippen LogP contribution in [0.4, 0.5) is 0 Å². The number of aromatic carboxylic acids is 1. The van der Waals surface area contributed by atoms with Crippen molar-refractivity contribution in [2.45, 2.75) is 135 Å². The van der Waals surface area contributed by atoms with Crippen molar-refractivity contribution in [1.29, 1.82) is 0 Å². The molecule has 3 amide bonds. The number of benzene rings is 2. The summed E-state index contributed by atoms with van der Waals surface area (Å²) in [5, 5.41) is 29.2. The Hall–Kier alpha value is -4.79. The monoisotopic (exact) mass is 905 g/mol. The third-order valence-electron chi connectivity index (χ3n) is 12.9. The number of rotatable bonds is 27. The van der Waals surface area contributed by atoms with Crippen LogP contribution < -0.4 is 16.0 Å². The van der Waals surface area contributed by atoms with Crippen molar-refractivity contribution in [3.8, 4) is 11.1 Å². The number of halogens is 1. The van der Waals surface area contributed by atoms with E-state index >= 15 is 0 Å². The van der Waals surface area contributed by atoms with Crippen LogP contribution >= 0.6 is 11.6 Å². The Kier molecular flexibility index (Phi) is 20.1. The van der Waals surface area contributed by atoms with E-state index in [0.29, 0.717) is 82.0 Å². The molecule has 2 aromatic carbocycles. The molecule has 14 nitrogen and oxygen atoms in total. The summed E-state index contributed by atoms with van der Waals surface area (Å²) in [4.78, 5) is 68.1. The topological polar surface area (TPSA) is 198 Å². The standard InChI is InChI=1S/C49H68ClN5O9/c1-3-4-15-42-54-44(50)41(55(42)32-34-17-19-35(20-18-34)39-13-8-9-14-40(39)47(60)61)31-52-43(56)16-7-5-6-12-27-51-45(57)36-21-23-38(24-22-36)53-48(62)49(25-10-11-26-49)30-37(46(58)59)33-64-29-28-63-2/h8-9,13-14,17-20,36-38H,3-7,10-12,15-16,21-33H2,1-2H3,(H,51,57)(H,52,56)(H,53,62)(H,58,59)(H,60,61). The van der Waals surface area contributed by atoms with Crippen molar-refractivity contribution in [3.05, 3.63) is 76.3 Å². The first kappa shape index (κ1) is 50.2. The molecule has 1 atom stereocenters. The molecule has 1 aromatic heterocycles. The number of carbonyl (C=O) groups is 5. The summed E-state index contributed by atoms with van der Waals surface area (Å²) in [6, 6.07) is 14.7. The fourth-order valence-corrected chi connectivity index (χ4v) is 9.41. The fraction of sp³-hybridized carbons (Fsp3) is 0.592. The maximum atomic E-state index is 13.6. The largest absolute Gasteiger partial charge is 0.481 e. The van der Waals surface area contributed by atoms with Gasteiger partial charge in [-0.2, -0.15) is 0 Å². The number of amides is 3. The molecule has 15 heteroatoms. The number of hydrogen-bond acceptors (Lipinski definition) is 8. The van der Waals surface area contributed by atoms with E-state index in [1.165, 1.54) is 0 Å². The van der Waals surface area contributed by atoms with Crippen LogP contribution in [-0.2, 0) is 48.2 Å². The molecule has 0 saturated heterocycles. The molecule has 2 fully saturated rings. The molecule has 0 spiro atoms. The lowest BCUT2D eigenvalue weighted by Gasteiger charge is -2.34. The van der Waals surface area contributed by atoms with Crippen molar-refractivity contribution in [3.63, 3.8) is 0 Å². The average molecular weight is 907 g/mol. The maximum Gasteiger partial charge on any atom is 0.336 e. The van der Waals surface area contributed by atoms with Crippen molar-refractivity contribution >= 4 is 41.3 Å². The van der Waals surface area contributed by atoms with Gasteiger partial charge in [0, 0.05) is 45.0 Å². The minimum atomic E-state index is -0.972. The molecule has 0 radical (unpaired) electrons. The first-order chi connectivity index (χ1) is 30.9. The second-order valence-corrected chi connectivity index (χ2v) is 17.9. The van der Waals surface area contributed by atoms with E-state index in [9.17, 15) is 34.2 Å². The summed E-state index contributed by atoms with van der Waals surface area (Å²) in [6.07, 6.45) is 12.5. The van der Waals surface area contributed by atoms with Crippen LogP contribution in [0.2, 0.25) is 5.15 Å². The summed E-state index contributed by atoms with van der Waals surface area (Å²) < 4.78 is 12.6. The van der Waals surface area contributed by atoms with Crippen molar-refractivity contribution in [1.82, 2.24) is 25.5 Å². The Morgan fingerprint density at radius 1 is 0.906 bits per heavy atom. The average Bonchev–Trinajstić information content (AvgIpc) is 3.89. The molecule has 1 heterocycles. The van der Waals surface area contributed by atoms with Crippen molar-refractivity contribution in [2.24, 2.45) is 17.3 Å². The lowest BCUT2D eigenvalue weighted by molar-refractivity contribution is -0.147. The molecule has 5 N–H and O–H groups in total.